The zero-order chi connectivity index (χ0) is 16.1. The molecule has 0 saturated carbocycles. The Morgan fingerprint density at radius 2 is 1.14 bits per heavy atom. The smallest absolute Gasteiger partial charge is 0.0682 e. The maximum absolute atomic E-state index is 2.65. The molecular formula is C12H3I9. The summed E-state index contributed by atoms with van der Waals surface area (Å²) in [6.45, 7) is 0. The molecule has 1 aliphatic carbocycles. The first-order valence-electron chi connectivity index (χ1n) is 5.25. The summed E-state index contributed by atoms with van der Waals surface area (Å²) >= 11 is 22.7. The number of alkyl halides is 1. The highest BCUT2D eigenvalue weighted by atomic mass is 127. The highest BCUT2D eigenvalue weighted by Gasteiger charge is 2.42. The van der Waals surface area contributed by atoms with Crippen molar-refractivity contribution < 1.29 is 0 Å². The second-order valence-corrected chi connectivity index (χ2v) is 14.6. The molecule has 0 nitrogen and oxygen atoms in total. The summed E-state index contributed by atoms with van der Waals surface area (Å²) in [5.41, 5.74) is 1.46. The molecule has 2 rings (SSSR count). The number of halogens is 9. The Labute approximate surface area is 247 Å². The van der Waals surface area contributed by atoms with Crippen LogP contribution in [0, 0.1) is 17.9 Å². The first-order valence-corrected chi connectivity index (χ1v) is 15.0. The van der Waals surface area contributed by atoms with Crippen molar-refractivity contribution in [1.82, 2.24) is 0 Å². The highest BCUT2D eigenvalue weighted by molar-refractivity contribution is 14.1. The summed E-state index contributed by atoms with van der Waals surface area (Å²) < 4.78 is 11.2. The van der Waals surface area contributed by atoms with Gasteiger partial charge in [-0.15, -0.1) is 0 Å². The van der Waals surface area contributed by atoms with Crippen molar-refractivity contribution in [1.29, 1.82) is 0 Å². The van der Waals surface area contributed by atoms with Crippen molar-refractivity contribution in [2.75, 3.05) is 0 Å². The number of allylic oxidation sites excluding steroid dienone is 4. The lowest BCUT2D eigenvalue weighted by molar-refractivity contribution is 0.956. The molecular weight excluding hydrogens is 1290 g/mol. The van der Waals surface area contributed by atoms with Crippen LogP contribution < -0.4 is 0 Å². The van der Waals surface area contributed by atoms with Gasteiger partial charge in [-0.05, 0) is 187 Å². The van der Waals surface area contributed by atoms with Gasteiger partial charge in [0.15, 0.2) is 0 Å². The molecule has 0 amide bonds. The Kier molecular flexibility index (Phi) is 9.86. The standard InChI is InChI=1S/C12H3I9/c13-3-1-2-4(14)12(21,11(3)20)5-6(15)8(17)10(19)9(18)7(5)16/h2H,1H2. The molecule has 0 radical (unpaired) electrons. The quantitative estimate of drug-likeness (QED) is 0.114. The minimum Gasteiger partial charge on any atom is -0.0682 e. The van der Waals surface area contributed by atoms with Gasteiger partial charge in [-0.1, -0.05) is 28.7 Å². The predicted octanol–water partition coefficient (Wildman–Crippen LogP) is 9.14. The largest absolute Gasteiger partial charge is 0.111 e. The van der Waals surface area contributed by atoms with Crippen LogP contribution in [-0.4, -0.2) is 0 Å². The van der Waals surface area contributed by atoms with E-state index in [2.05, 4.69) is 209 Å². The van der Waals surface area contributed by atoms with Crippen LogP contribution in [0.25, 0.3) is 0 Å². The summed E-state index contributed by atoms with van der Waals surface area (Å²) in [5.74, 6) is 0. The second kappa shape index (κ2) is 9.18. The fourth-order valence-electron chi connectivity index (χ4n) is 1.84. The summed E-state index contributed by atoms with van der Waals surface area (Å²) in [7, 11) is 0. The number of rotatable bonds is 1. The summed E-state index contributed by atoms with van der Waals surface area (Å²) in [5, 5.41) is 0. The third-order valence-corrected chi connectivity index (χ3v) is 20.9. The molecule has 21 heavy (non-hydrogen) atoms. The third-order valence-electron chi connectivity index (χ3n) is 2.88. The zero-order valence-electron chi connectivity index (χ0n) is 9.69. The van der Waals surface area contributed by atoms with Gasteiger partial charge in [-0.25, -0.2) is 0 Å². The molecule has 0 bridgehead atoms. The lowest BCUT2D eigenvalue weighted by Gasteiger charge is -2.34. The Hall–Kier alpha value is 5.27. The van der Waals surface area contributed by atoms with Crippen LogP contribution in [0.5, 0.6) is 0 Å². The van der Waals surface area contributed by atoms with Gasteiger partial charge in [0.25, 0.3) is 0 Å². The summed E-state index contributed by atoms with van der Waals surface area (Å²) in [4.78, 5) is 0. The van der Waals surface area contributed by atoms with E-state index in [-0.39, 0.29) is 3.42 Å². The van der Waals surface area contributed by atoms with E-state index in [4.69, 9.17) is 0 Å². The predicted molar refractivity (Wildman–Crippen MR) is 168 cm³/mol. The molecule has 1 unspecified atom stereocenters. The van der Waals surface area contributed by atoms with E-state index in [1.807, 2.05) is 0 Å². The van der Waals surface area contributed by atoms with E-state index in [0.717, 1.165) is 6.42 Å². The van der Waals surface area contributed by atoms with Crippen LogP contribution in [-0.2, 0) is 3.42 Å². The average Bonchev–Trinajstić information content (AvgIpc) is 2.45. The first kappa shape index (κ1) is 22.6. The van der Waals surface area contributed by atoms with Gasteiger partial charge in [0.05, 0.1) is 0 Å². The first-order chi connectivity index (χ1) is 9.63. The topological polar surface area (TPSA) is 0 Å². The van der Waals surface area contributed by atoms with E-state index in [9.17, 15) is 0 Å². The Morgan fingerprint density at radius 1 is 0.714 bits per heavy atom. The van der Waals surface area contributed by atoms with E-state index in [1.54, 1.807) is 0 Å². The lowest BCUT2D eigenvalue weighted by Crippen LogP contribution is -2.26. The van der Waals surface area contributed by atoms with Crippen molar-refractivity contribution in [3.8, 4) is 0 Å². The van der Waals surface area contributed by atoms with Gasteiger partial charge in [0, 0.05) is 34.2 Å². The Morgan fingerprint density at radius 3 is 1.62 bits per heavy atom. The molecule has 0 aliphatic heterocycles. The lowest BCUT2D eigenvalue weighted by atomic mass is 9.94. The van der Waals surface area contributed by atoms with Crippen molar-refractivity contribution in [2.45, 2.75) is 9.84 Å². The molecule has 0 N–H and O–H groups in total. The number of hydrogen-bond acceptors (Lipinski definition) is 0. The Balaban J connectivity index is 2.89. The normalized spacial score (nSPS) is 22.6. The minimum atomic E-state index is -0.0368. The zero-order valence-corrected chi connectivity index (χ0v) is 29.1. The van der Waals surface area contributed by atoms with Crippen LogP contribution in [0.4, 0.5) is 0 Å². The van der Waals surface area contributed by atoms with Crippen molar-refractivity contribution in [3.63, 3.8) is 0 Å². The maximum Gasteiger partial charge on any atom is 0.111 e. The van der Waals surface area contributed by atoms with E-state index in [0.29, 0.717) is 0 Å². The summed E-state index contributed by atoms with van der Waals surface area (Å²) in [6.07, 6.45) is 3.44. The number of benzene rings is 1. The molecule has 0 heterocycles. The van der Waals surface area contributed by atoms with Crippen LogP contribution >= 0.6 is 203 Å². The van der Waals surface area contributed by atoms with Crippen molar-refractivity contribution >= 4 is 203 Å². The van der Waals surface area contributed by atoms with Gasteiger partial charge in [0.1, 0.15) is 3.42 Å². The molecule has 1 aromatic rings. The van der Waals surface area contributed by atoms with Gasteiger partial charge < -0.3 is 0 Å². The molecule has 1 atom stereocenters. The molecule has 1 aromatic carbocycles. The fraction of sp³-hybridized carbons (Fsp3) is 0.167. The third kappa shape index (κ3) is 4.32. The van der Waals surface area contributed by atoms with Gasteiger partial charge in [-0.2, -0.15) is 0 Å². The van der Waals surface area contributed by atoms with E-state index >= 15 is 0 Å². The van der Waals surface area contributed by atoms with Crippen LogP contribution in [0.15, 0.2) is 16.8 Å². The molecule has 0 fully saturated rings. The van der Waals surface area contributed by atoms with Gasteiger partial charge in [0.2, 0.25) is 0 Å². The minimum absolute atomic E-state index is 0.0368. The second-order valence-electron chi connectivity index (χ2n) is 4.08. The van der Waals surface area contributed by atoms with Gasteiger partial charge >= 0.3 is 0 Å². The monoisotopic (exact) mass is 1290 g/mol. The molecule has 0 saturated heterocycles. The summed E-state index contributed by atoms with van der Waals surface area (Å²) in [6, 6.07) is 0. The average molecular weight is 1290 g/mol. The van der Waals surface area contributed by atoms with Gasteiger partial charge in [-0.3, -0.25) is 0 Å². The SMILES string of the molecule is IC1=CCC(I)=C(I)C1(I)c1c(I)c(I)c(I)c(I)c1I. The molecule has 114 valence electrons. The van der Waals surface area contributed by atoms with Crippen LogP contribution in [0.3, 0.4) is 0 Å². The van der Waals surface area contributed by atoms with E-state index < -0.39 is 0 Å². The molecule has 0 spiro atoms. The van der Waals surface area contributed by atoms with Crippen LogP contribution in [0.2, 0.25) is 0 Å². The molecule has 0 aromatic heterocycles. The van der Waals surface area contributed by atoms with E-state index in [1.165, 1.54) is 34.2 Å². The molecule has 9 heteroatoms. The maximum atomic E-state index is 2.65. The molecule has 1 aliphatic rings. The highest BCUT2D eigenvalue weighted by Crippen LogP contribution is 2.58. The van der Waals surface area contributed by atoms with Crippen molar-refractivity contribution in [3.05, 3.63) is 40.2 Å². The number of hydrogen-bond donors (Lipinski definition) is 0. The van der Waals surface area contributed by atoms with Crippen molar-refractivity contribution in [2.24, 2.45) is 0 Å². The van der Waals surface area contributed by atoms with Crippen LogP contribution in [0.1, 0.15) is 12.0 Å². The Bertz CT molecular complexity index is 659. The fourth-order valence-corrected chi connectivity index (χ4v) is 12.7.